The van der Waals surface area contributed by atoms with Crippen molar-refractivity contribution in [2.45, 2.75) is 52.4 Å². The smallest absolute Gasteiger partial charge is 0.165 e. The highest BCUT2D eigenvalue weighted by Crippen LogP contribution is 2.19. The number of hydrogen-bond donors (Lipinski definition) is 0. The van der Waals surface area contributed by atoms with Crippen LogP contribution in [0.25, 0.3) is 0 Å². The Balaban J connectivity index is 2.53. The van der Waals surface area contributed by atoms with Crippen molar-refractivity contribution in [2.24, 2.45) is 5.92 Å². The summed E-state index contributed by atoms with van der Waals surface area (Å²) in [6.45, 7) is 4.23. The summed E-state index contributed by atoms with van der Waals surface area (Å²) in [6.07, 6.45) is 6.57. The zero-order chi connectivity index (χ0) is 13.4. The standard InChI is InChI=1S/C16H23FO/c1-3-5-6-7-8-13(4-2)16(18)14-9-11-15(17)12-10-14/h9-13H,3-8H2,1-2H3. The van der Waals surface area contributed by atoms with Gasteiger partial charge in [0.25, 0.3) is 0 Å². The van der Waals surface area contributed by atoms with E-state index in [0.29, 0.717) is 5.56 Å². The Kier molecular flexibility index (Phi) is 6.63. The van der Waals surface area contributed by atoms with E-state index in [2.05, 4.69) is 6.92 Å². The number of benzene rings is 1. The molecule has 0 saturated carbocycles. The minimum Gasteiger partial charge on any atom is -0.294 e. The van der Waals surface area contributed by atoms with Crippen molar-refractivity contribution in [1.82, 2.24) is 0 Å². The first-order chi connectivity index (χ1) is 8.69. The average molecular weight is 250 g/mol. The van der Waals surface area contributed by atoms with Crippen LogP contribution in [-0.4, -0.2) is 5.78 Å². The Hall–Kier alpha value is -1.18. The molecule has 0 heterocycles. The SMILES string of the molecule is CCCCCCC(CC)C(=O)c1ccc(F)cc1. The molecule has 18 heavy (non-hydrogen) atoms. The minimum atomic E-state index is -0.289. The van der Waals surface area contributed by atoms with Gasteiger partial charge < -0.3 is 0 Å². The third kappa shape index (κ3) is 4.59. The van der Waals surface area contributed by atoms with Crippen molar-refractivity contribution in [1.29, 1.82) is 0 Å². The topological polar surface area (TPSA) is 17.1 Å². The summed E-state index contributed by atoms with van der Waals surface area (Å²) in [4.78, 5) is 12.2. The molecule has 0 aliphatic heterocycles. The van der Waals surface area contributed by atoms with Gasteiger partial charge in [-0.25, -0.2) is 4.39 Å². The van der Waals surface area contributed by atoms with Gasteiger partial charge in [-0.15, -0.1) is 0 Å². The van der Waals surface area contributed by atoms with E-state index >= 15 is 0 Å². The first-order valence-corrected chi connectivity index (χ1v) is 6.98. The fourth-order valence-electron chi connectivity index (χ4n) is 2.19. The Morgan fingerprint density at radius 1 is 1.11 bits per heavy atom. The quantitative estimate of drug-likeness (QED) is 0.468. The molecule has 1 aromatic rings. The van der Waals surface area contributed by atoms with E-state index in [1.807, 2.05) is 6.92 Å². The van der Waals surface area contributed by atoms with Gasteiger partial charge in [0.05, 0.1) is 0 Å². The van der Waals surface area contributed by atoms with Crippen molar-refractivity contribution in [2.75, 3.05) is 0 Å². The Labute approximate surface area is 109 Å². The molecule has 0 saturated heterocycles. The van der Waals surface area contributed by atoms with Crippen LogP contribution in [0.5, 0.6) is 0 Å². The summed E-state index contributed by atoms with van der Waals surface area (Å²) in [6, 6.07) is 5.90. The van der Waals surface area contributed by atoms with Gasteiger partial charge in [0.2, 0.25) is 0 Å². The van der Waals surface area contributed by atoms with Crippen molar-refractivity contribution < 1.29 is 9.18 Å². The molecule has 0 aliphatic rings. The summed E-state index contributed by atoms with van der Waals surface area (Å²) in [5.74, 6) is -0.0381. The molecule has 0 aliphatic carbocycles. The van der Waals surface area contributed by atoms with Crippen LogP contribution >= 0.6 is 0 Å². The van der Waals surface area contributed by atoms with Gasteiger partial charge >= 0.3 is 0 Å². The Morgan fingerprint density at radius 3 is 2.33 bits per heavy atom. The molecule has 0 spiro atoms. The van der Waals surface area contributed by atoms with E-state index in [1.54, 1.807) is 12.1 Å². The van der Waals surface area contributed by atoms with Gasteiger partial charge in [0, 0.05) is 11.5 Å². The zero-order valence-corrected chi connectivity index (χ0v) is 11.4. The number of rotatable bonds is 8. The molecule has 1 atom stereocenters. The van der Waals surface area contributed by atoms with E-state index in [9.17, 15) is 9.18 Å². The van der Waals surface area contributed by atoms with Crippen LogP contribution in [0, 0.1) is 11.7 Å². The molecule has 0 aromatic heterocycles. The lowest BCUT2D eigenvalue weighted by Gasteiger charge is -2.13. The second-order valence-corrected chi connectivity index (χ2v) is 4.83. The highest BCUT2D eigenvalue weighted by atomic mass is 19.1. The fourth-order valence-corrected chi connectivity index (χ4v) is 2.19. The first kappa shape index (κ1) is 14.9. The maximum Gasteiger partial charge on any atom is 0.165 e. The molecule has 2 heteroatoms. The number of carbonyl (C=O) groups excluding carboxylic acids is 1. The fraction of sp³-hybridized carbons (Fsp3) is 0.562. The molecule has 0 radical (unpaired) electrons. The van der Waals surface area contributed by atoms with E-state index < -0.39 is 0 Å². The van der Waals surface area contributed by atoms with E-state index in [0.717, 1.165) is 19.3 Å². The number of ketones is 1. The van der Waals surface area contributed by atoms with Crippen molar-refractivity contribution >= 4 is 5.78 Å². The molecule has 1 nitrogen and oxygen atoms in total. The van der Waals surface area contributed by atoms with Crippen molar-refractivity contribution in [3.05, 3.63) is 35.6 Å². The number of Topliss-reactive ketones (excluding diaryl/α,β-unsaturated/α-hetero) is 1. The molecule has 0 fully saturated rings. The first-order valence-electron chi connectivity index (χ1n) is 6.98. The predicted molar refractivity (Wildman–Crippen MR) is 73.3 cm³/mol. The maximum atomic E-state index is 12.8. The van der Waals surface area contributed by atoms with Crippen LogP contribution in [0.1, 0.15) is 62.7 Å². The van der Waals surface area contributed by atoms with Crippen molar-refractivity contribution in [3.8, 4) is 0 Å². The van der Waals surface area contributed by atoms with E-state index in [-0.39, 0.29) is 17.5 Å². The van der Waals surface area contributed by atoms with Crippen LogP contribution < -0.4 is 0 Å². The largest absolute Gasteiger partial charge is 0.294 e. The monoisotopic (exact) mass is 250 g/mol. The lowest BCUT2D eigenvalue weighted by atomic mass is 9.90. The Bertz CT molecular complexity index is 356. The summed E-state index contributed by atoms with van der Waals surface area (Å²) >= 11 is 0. The van der Waals surface area contributed by atoms with Gasteiger partial charge in [-0.3, -0.25) is 4.79 Å². The third-order valence-electron chi connectivity index (χ3n) is 3.40. The van der Waals surface area contributed by atoms with Crippen LogP contribution in [0.15, 0.2) is 24.3 Å². The highest BCUT2D eigenvalue weighted by Gasteiger charge is 2.17. The van der Waals surface area contributed by atoms with Gasteiger partial charge in [-0.05, 0) is 37.1 Å². The maximum absolute atomic E-state index is 12.8. The second kappa shape index (κ2) is 8.02. The van der Waals surface area contributed by atoms with Crippen LogP contribution in [-0.2, 0) is 0 Å². The van der Waals surface area contributed by atoms with Gasteiger partial charge in [0.1, 0.15) is 5.82 Å². The van der Waals surface area contributed by atoms with Gasteiger partial charge in [-0.2, -0.15) is 0 Å². The molecule has 1 rings (SSSR count). The zero-order valence-electron chi connectivity index (χ0n) is 11.4. The summed E-state index contributed by atoms with van der Waals surface area (Å²) < 4.78 is 12.8. The summed E-state index contributed by atoms with van der Waals surface area (Å²) in [5, 5.41) is 0. The molecular formula is C16H23FO. The van der Waals surface area contributed by atoms with E-state index in [4.69, 9.17) is 0 Å². The van der Waals surface area contributed by atoms with Gasteiger partial charge in [0.15, 0.2) is 5.78 Å². The molecular weight excluding hydrogens is 227 g/mol. The van der Waals surface area contributed by atoms with Crippen LogP contribution in [0.4, 0.5) is 4.39 Å². The normalized spacial score (nSPS) is 12.4. The second-order valence-electron chi connectivity index (χ2n) is 4.83. The molecule has 1 unspecified atom stereocenters. The minimum absolute atomic E-state index is 0.0901. The number of hydrogen-bond acceptors (Lipinski definition) is 1. The molecule has 1 aromatic carbocycles. The lowest BCUT2D eigenvalue weighted by Crippen LogP contribution is -2.14. The third-order valence-corrected chi connectivity index (χ3v) is 3.40. The molecule has 0 N–H and O–H groups in total. The summed E-state index contributed by atoms with van der Waals surface area (Å²) in [7, 11) is 0. The van der Waals surface area contributed by atoms with Crippen LogP contribution in [0.3, 0.4) is 0 Å². The van der Waals surface area contributed by atoms with Crippen molar-refractivity contribution in [3.63, 3.8) is 0 Å². The molecule has 100 valence electrons. The number of unbranched alkanes of at least 4 members (excludes halogenated alkanes) is 3. The molecule has 0 bridgehead atoms. The van der Waals surface area contributed by atoms with Gasteiger partial charge in [-0.1, -0.05) is 39.5 Å². The highest BCUT2D eigenvalue weighted by molar-refractivity contribution is 5.97. The average Bonchev–Trinajstić information content (AvgIpc) is 2.39. The van der Waals surface area contributed by atoms with E-state index in [1.165, 1.54) is 31.4 Å². The number of halogens is 1. The molecule has 0 amide bonds. The predicted octanol–water partition coefficient (Wildman–Crippen LogP) is 5.01. The summed E-state index contributed by atoms with van der Waals surface area (Å²) in [5.41, 5.74) is 0.638. The van der Waals surface area contributed by atoms with Crippen LogP contribution in [0.2, 0.25) is 0 Å². The Morgan fingerprint density at radius 2 is 1.78 bits per heavy atom. The lowest BCUT2D eigenvalue weighted by molar-refractivity contribution is 0.0907. The number of carbonyl (C=O) groups is 1.